The fourth-order valence-corrected chi connectivity index (χ4v) is 2.93. The van der Waals surface area contributed by atoms with Gasteiger partial charge in [0.1, 0.15) is 5.76 Å². The molecule has 2 aromatic heterocycles. The van der Waals surface area contributed by atoms with E-state index in [1.807, 2.05) is 30.3 Å². The molecule has 1 atom stereocenters. The van der Waals surface area contributed by atoms with Gasteiger partial charge in [-0.15, -0.1) is 0 Å². The molecule has 0 aliphatic carbocycles. The summed E-state index contributed by atoms with van der Waals surface area (Å²) in [4.78, 5) is 31.2. The van der Waals surface area contributed by atoms with Crippen molar-refractivity contribution in [2.45, 2.75) is 24.3 Å². The highest BCUT2D eigenvalue weighted by atomic mass is 32.2. The van der Waals surface area contributed by atoms with E-state index in [2.05, 4.69) is 20.4 Å². The van der Waals surface area contributed by atoms with Crippen LogP contribution >= 0.6 is 11.8 Å². The molecule has 2 heterocycles. The highest BCUT2D eigenvalue weighted by Crippen LogP contribution is 2.22. The molecule has 2 N–H and O–H groups in total. The summed E-state index contributed by atoms with van der Waals surface area (Å²) in [7, 11) is 0. The lowest BCUT2D eigenvalue weighted by molar-refractivity contribution is -0.115. The molecule has 0 saturated heterocycles. The Morgan fingerprint density at radius 1 is 1.28 bits per heavy atom. The quantitative estimate of drug-likeness (QED) is 0.538. The van der Waals surface area contributed by atoms with Crippen LogP contribution in [0, 0.1) is 6.92 Å². The van der Waals surface area contributed by atoms with Gasteiger partial charge in [-0.1, -0.05) is 47.3 Å². The molecule has 25 heavy (non-hydrogen) atoms. The normalized spacial score (nSPS) is 11.9. The first-order valence-electron chi connectivity index (χ1n) is 7.59. The van der Waals surface area contributed by atoms with Gasteiger partial charge in [0, 0.05) is 17.7 Å². The van der Waals surface area contributed by atoms with Gasteiger partial charge in [0.05, 0.1) is 10.9 Å². The second kappa shape index (κ2) is 7.35. The van der Waals surface area contributed by atoms with Gasteiger partial charge in [0.15, 0.2) is 11.0 Å². The van der Waals surface area contributed by atoms with Crippen LogP contribution in [0.15, 0.2) is 56.9 Å². The first-order valence-corrected chi connectivity index (χ1v) is 8.47. The Balaban J connectivity index is 1.74. The maximum atomic E-state index is 12.2. The number of H-pyrrole nitrogens is 1. The Kier molecular flexibility index (Phi) is 4.99. The molecule has 1 amide bonds. The Labute approximate surface area is 147 Å². The minimum Gasteiger partial charge on any atom is -0.360 e. The number of hydrogen-bond acceptors (Lipinski definition) is 6. The van der Waals surface area contributed by atoms with Gasteiger partial charge in [0.25, 0.3) is 5.56 Å². The van der Waals surface area contributed by atoms with Gasteiger partial charge in [-0.2, -0.15) is 0 Å². The molecule has 7 nitrogen and oxygen atoms in total. The zero-order chi connectivity index (χ0) is 17.8. The zero-order valence-electron chi connectivity index (χ0n) is 13.6. The fourth-order valence-electron chi connectivity index (χ4n) is 2.12. The largest absolute Gasteiger partial charge is 0.360 e. The van der Waals surface area contributed by atoms with Crippen molar-refractivity contribution in [2.24, 2.45) is 0 Å². The van der Waals surface area contributed by atoms with E-state index in [0.717, 1.165) is 17.3 Å². The van der Waals surface area contributed by atoms with Crippen LogP contribution in [-0.2, 0) is 4.79 Å². The number of rotatable bonds is 5. The van der Waals surface area contributed by atoms with E-state index in [9.17, 15) is 9.59 Å². The number of aromatic amines is 1. The Bertz CT molecular complexity index is 936. The number of hydrogen-bond donors (Lipinski definition) is 2. The van der Waals surface area contributed by atoms with E-state index >= 15 is 0 Å². The average Bonchev–Trinajstić information content (AvgIpc) is 3.00. The third-order valence-corrected chi connectivity index (χ3v) is 4.31. The van der Waals surface area contributed by atoms with E-state index in [-0.39, 0.29) is 11.5 Å². The number of benzene rings is 1. The molecule has 0 aliphatic heterocycles. The molecule has 1 aromatic carbocycles. The van der Waals surface area contributed by atoms with Crippen molar-refractivity contribution < 1.29 is 9.32 Å². The van der Waals surface area contributed by atoms with Crippen molar-refractivity contribution in [1.29, 1.82) is 0 Å². The molecule has 3 aromatic rings. The summed E-state index contributed by atoms with van der Waals surface area (Å²) in [5, 5.41) is 6.28. The summed E-state index contributed by atoms with van der Waals surface area (Å²) in [5.74, 6) is 0.706. The summed E-state index contributed by atoms with van der Waals surface area (Å²) >= 11 is 1.16. The monoisotopic (exact) mass is 356 g/mol. The molecule has 0 saturated carbocycles. The third kappa shape index (κ3) is 4.36. The molecule has 128 valence electrons. The van der Waals surface area contributed by atoms with E-state index in [1.165, 1.54) is 6.07 Å². The van der Waals surface area contributed by atoms with Gasteiger partial charge >= 0.3 is 0 Å². The van der Waals surface area contributed by atoms with Gasteiger partial charge in [-0.3, -0.25) is 9.59 Å². The number of thioether (sulfide) groups is 1. The topological polar surface area (TPSA) is 101 Å². The van der Waals surface area contributed by atoms with Crippen molar-refractivity contribution >= 4 is 23.5 Å². The first-order chi connectivity index (χ1) is 12.0. The lowest BCUT2D eigenvalue weighted by Gasteiger charge is -2.10. The smallest absolute Gasteiger partial charge is 0.252 e. The molecule has 0 bridgehead atoms. The highest BCUT2D eigenvalue weighted by molar-refractivity contribution is 8.00. The molecule has 0 unspecified atom stereocenters. The maximum absolute atomic E-state index is 12.2. The molecule has 0 aliphatic rings. The van der Waals surface area contributed by atoms with Crippen molar-refractivity contribution in [2.75, 3.05) is 5.32 Å². The number of amides is 1. The lowest BCUT2D eigenvalue weighted by atomic mass is 10.1. The average molecular weight is 356 g/mol. The van der Waals surface area contributed by atoms with Crippen molar-refractivity contribution in [3.8, 4) is 11.3 Å². The predicted molar refractivity (Wildman–Crippen MR) is 95.5 cm³/mol. The number of nitrogens with one attached hydrogen (secondary N) is 2. The van der Waals surface area contributed by atoms with Crippen LogP contribution in [0.5, 0.6) is 0 Å². The van der Waals surface area contributed by atoms with Crippen molar-refractivity contribution in [3.05, 3.63) is 58.6 Å². The molecule has 8 heteroatoms. The van der Waals surface area contributed by atoms with Crippen molar-refractivity contribution in [3.63, 3.8) is 0 Å². The van der Waals surface area contributed by atoms with Crippen LogP contribution in [0.1, 0.15) is 12.7 Å². The molecule has 0 spiro atoms. The number of nitrogens with zero attached hydrogens (tertiary/aromatic N) is 2. The van der Waals surface area contributed by atoms with E-state index in [4.69, 9.17) is 4.52 Å². The van der Waals surface area contributed by atoms with Crippen LogP contribution in [-0.4, -0.2) is 26.3 Å². The number of carbonyl (C=O) groups excluding carboxylic acids is 1. The molecule has 0 fully saturated rings. The molecular weight excluding hydrogens is 340 g/mol. The summed E-state index contributed by atoms with van der Waals surface area (Å²) in [6, 6.07) is 12.5. The second-order valence-electron chi connectivity index (χ2n) is 5.37. The third-order valence-electron chi connectivity index (χ3n) is 3.33. The first kappa shape index (κ1) is 17.0. The van der Waals surface area contributed by atoms with E-state index in [0.29, 0.717) is 22.4 Å². The predicted octanol–water partition coefficient (Wildman–Crippen LogP) is 2.85. The summed E-state index contributed by atoms with van der Waals surface area (Å²) < 4.78 is 4.91. The molecule has 3 rings (SSSR count). The number of anilines is 1. The van der Waals surface area contributed by atoms with E-state index < -0.39 is 5.25 Å². The van der Waals surface area contributed by atoms with Gasteiger partial charge in [-0.05, 0) is 13.8 Å². The summed E-state index contributed by atoms with van der Waals surface area (Å²) in [5.41, 5.74) is 1.13. The van der Waals surface area contributed by atoms with Gasteiger partial charge < -0.3 is 14.8 Å². The second-order valence-corrected chi connectivity index (χ2v) is 6.70. The van der Waals surface area contributed by atoms with Gasteiger partial charge in [-0.25, -0.2) is 4.98 Å². The zero-order valence-corrected chi connectivity index (χ0v) is 14.5. The minimum atomic E-state index is -0.480. The van der Waals surface area contributed by atoms with Crippen LogP contribution in [0.4, 0.5) is 5.82 Å². The van der Waals surface area contributed by atoms with Crippen molar-refractivity contribution in [1.82, 2.24) is 15.1 Å². The molecule has 0 radical (unpaired) electrons. The number of carbonyl (C=O) groups is 1. The van der Waals surface area contributed by atoms with Gasteiger partial charge in [0.2, 0.25) is 5.91 Å². The van der Waals surface area contributed by atoms with Crippen LogP contribution < -0.4 is 10.9 Å². The lowest BCUT2D eigenvalue weighted by Crippen LogP contribution is -2.23. The number of aryl methyl sites for hydroxylation is 1. The highest BCUT2D eigenvalue weighted by Gasteiger charge is 2.18. The van der Waals surface area contributed by atoms with Crippen LogP contribution in [0.2, 0.25) is 0 Å². The maximum Gasteiger partial charge on any atom is 0.252 e. The SMILES string of the molecule is Cc1cc(NC(=O)[C@H](C)Sc2nc(-c3ccccc3)cc(=O)[nH]2)no1. The van der Waals surface area contributed by atoms with E-state index in [1.54, 1.807) is 19.9 Å². The standard InChI is InChI=1S/C17H16N4O3S/c1-10-8-14(21-24-10)19-16(23)11(2)25-17-18-13(9-15(22)20-17)12-6-4-3-5-7-12/h3-9,11H,1-2H3,(H,18,20,22)(H,19,21,23)/t11-/m0/s1. The van der Waals surface area contributed by atoms with Crippen LogP contribution in [0.3, 0.4) is 0 Å². The molecular formula is C17H16N4O3S. The summed E-state index contributed by atoms with van der Waals surface area (Å²) in [6.45, 7) is 3.46. The number of aromatic nitrogens is 3. The summed E-state index contributed by atoms with van der Waals surface area (Å²) in [6.07, 6.45) is 0. The Hall–Kier alpha value is -2.87. The van der Waals surface area contributed by atoms with Crippen LogP contribution in [0.25, 0.3) is 11.3 Å². The fraction of sp³-hybridized carbons (Fsp3) is 0.176. The minimum absolute atomic E-state index is 0.258. The Morgan fingerprint density at radius 2 is 2.04 bits per heavy atom. The Morgan fingerprint density at radius 3 is 2.72 bits per heavy atom.